The smallest absolute Gasteiger partial charge is 0.326 e. The van der Waals surface area contributed by atoms with Crippen molar-refractivity contribution in [2.45, 2.75) is 64.1 Å². The third-order valence-electron chi connectivity index (χ3n) is 4.69. The molecule has 158 valence electrons. The Kier molecular flexibility index (Phi) is 10.2. The summed E-state index contributed by atoms with van der Waals surface area (Å²) in [7, 11) is 0. The first kappa shape index (κ1) is 23.6. The average molecular weight is 396 g/mol. The van der Waals surface area contributed by atoms with Crippen molar-refractivity contribution in [3.63, 3.8) is 0 Å². The fraction of sp³-hybridized carbons (Fsp3) is 0.667. The molecule has 0 saturated carbocycles. The topological polar surface area (TPSA) is 176 Å². The molecule has 0 spiro atoms. The van der Waals surface area contributed by atoms with Crippen LogP contribution in [0, 0.1) is 5.92 Å². The molecule has 0 unspecified atom stereocenters. The second kappa shape index (κ2) is 12.1. The molecule has 2 amide bonds. The lowest BCUT2D eigenvalue weighted by Crippen LogP contribution is -2.56. The lowest BCUT2D eigenvalue weighted by molar-refractivity contribution is -0.142. The van der Waals surface area contributed by atoms with Crippen LogP contribution in [0.4, 0.5) is 0 Å². The molecule has 0 fully saturated rings. The Morgan fingerprint density at radius 2 is 1.96 bits per heavy atom. The number of carbonyl (C=O) groups excluding carboxylic acids is 2. The summed E-state index contributed by atoms with van der Waals surface area (Å²) in [5, 5.41) is 14.5. The van der Waals surface area contributed by atoms with Gasteiger partial charge in [-0.2, -0.15) is 0 Å². The van der Waals surface area contributed by atoms with Gasteiger partial charge in [0.15, 0.2) is 0 Å². The lowest BCUT2D eigenvalue weighted by Gasteiger charge is -2.26. The van der Waals surface area contributed by atoms with Gasteiger partial charge in [-0.3, -0.25) is 9.59 Å². The maximum absolute atomic E-state index is 12.7. The zero-order chi connectivity index (χ0) is 21.1. The van der Waals surface area contributed by atoms with Crippen molar-refractivity contribution < 1.29 is 19.5 Å². The lowest BCUT2D eigenvalue weighted by atomic mass is 9.97. The van der Waals surface area contributed by atoms with Crippen molar-refractivity contribution in [3.05, 3.63) is 18.2 Å². The number of carboxylic acid groups (broad SMARTS) is 1. The Labute approximate surface area is 164 Å². The van der Waals surface area contributed by atoms with E-state index in [1.54, 1.807) is 6.20 Å². The van der Waals surface area contributed by atoms with Crippen LogP contribution in [-0.2, 0) is 20.8 Å². The predicted octanol–water partition coefficient (Wildman–Crippen LogP) is -0.491. The zero-order valence-electron chi connectivity index (χ0n) is 16.5. The summed E-state index contributed by atoms with van der Waals surface area (Å²) in [5.41, 5.74) is 12.1. The SMILES string of the molecule is CC[C@H](C)[C@H](NC(=O)[C@@H](N)Cc1cnc[nH]1)C(=O)N[C@@H](CCCCN)C(=O)O. The molecule has 0 aliphatic heterocycles. The number of carboxylic acids is 1. The van der Waals surface area contributed by atoms with Gasteiger partial charge in [-0.15, -0.1) is 0 Å². The normalized spacial score (nSPS) is 15.3. The van der Waals surface area contributed by atoms with Gasteiger partial charge in [0.1, 0.15) is 12.1 Å². The molecule has 0 radical (unpaired) electrons. The van der Waals surface area contributed by atoms with Crippen LogP contribution in [0.3, 0.4) is 0 Å². The summed E-state index contributed by atoms with van der Waals surface area (Å²) in [6.07, 6.45) is 5.48. The van der Waals surface area contributed by atoms with E-state index in [9.17, 15) is 19.5 Å². The number of aromatic nitrogens is 2. The molecule has 0 aliphatic carbocycles. The highest BCUT2D eigenvalue weighted by atomic mass is 16.4. The average Bonchev–Trinajstić information content (AvgIpc) is 3.17. The van der Waals surface area contributed by atoms with Gasteiger partial charge in [0.25, 0.3) is 0 Å². The Bertz CT molecular complexity index is 622. The minimum atomic E-state index is -1.12. The van der Waals surface area contributed by atoms with E-state index < -0.39 is 35.9 Å². The molecule has 0 saturated heterocycles. The third-order valence-corrected chi connectivity index (χ3v) is 4.69. The zero-order valence-corrected chi connectivity index (χ0v) is 16.5. The number of H-pyrrole nitrogens is 1. The van der Waals surface area contributed by atoms with Crippen molar-refractivity contribution in [2.75, 3.05) is 6.54 Å². The highest BCUT2D eigenvalue weighted by Gasteiger charge is 2.30. The second-order valence-corrected chi connectivity index (χ2v) is 6.94. The largest absolute Gasteiger partial charge is 0.480 e. The molecule has 10 nitrogen and oxygen atoms in total. The number of aromatic amines is 1. The van der Waals surface area contributed by atoms with E-state index >= 15 is 0 Å². The highest BCUT2D eigenvalue weighted by molar-refractivity contribution is 5.92. The Hall–Kier alpha value is -2.46. The minimum Gasteiger partial charge on any atom is -0.480 e. The van der Waals surface area contributed by atoms with Gasteiger partial charge in [-0.1, -0.05) is 20.3 Å². The van der Waals surface area contributed by atoms with E-state index in [0.717, 1.165) is 0 Å². The van der Waals surface area contributed by atoms with E-state index in [0.29, 0.717) is 31.5 Å². The van der Waals surface area contributed by atoms with E-state index in [1.165, 1.54) is 6.33 Å². The monoisotopic (exact) mass is 396 g/mol. The first-order chi connectivity index (χ1) is 13.3. The van der Waals surface area contributed by atoms with Crippen LogP contribution in [0.2, 0.25) is 0 Å². The van der Waals surface area contributed by atoms with Crippen LogP contribution in [0.15, 0.2) is 12.5 Å². The molecule has 28 heavy (non-hydrogen) atoms. The van der Waals surface area contributed by atoms with Crippen LogP contribution in [0.25, 0.3) is 0 Å². The summed E-state index contributed by atoms with van der Waals surface area (Å²) in [6, 6.07) is -2.76. The van der Waals surface area contributed by atoms with Crippen molar-refractivity contribution >= 4 is 17.8 Å². The highest BCUT2D eigenvalue weighted by Crippen LogP contribution is 2.10. The van der Waals surface area contributed by atoms with Gasteiger partial charge in [-0.25, -0.2) is 9.78 Å². The second-order valence-electron chi connectivity index (χ2n) is 6.94. The molecule has 1 aromatic rings. The van der Waals surface area contributed by atoms with Crippen LogP contribution in [0.5, 0.6) is 0 Å². The summed E-state index contributed by atoms with van der Waals surface area (Å²) in [5.74, 6) is -2.32. The number of hydrogen-bond acceptors (Lipinski definition) is 6. The van der Waals surface area contributed by atoms with Gasteiger partial charge < -0.3 is 32.2 Å². The molecule has 1 rings (SSSR count). The number of aliphatic carboxylic acids is 1. The number of carbonyl (C=O) groups is 3. The summed E-state index contributed by atoms with van der Waals surface area (Å²) >= 11 is 0. The van der Waals surface area contributed by atoms with Crippen molar-refractivity contribution in [2.24, 2.45) is 17.4 Å². The first-order valence-electron chi connectivity index (χ1n) is 9.56. The molecule has 0 bridgehead atoms. The van der Waals surface area contributed by atoms with Crippen molar-refractivity contribution in [1.82, 2.24) is 20.6 Å². The summed E-state index contributed by atoms with van der Waals surface area (Å²) in [6.45, 7) is 4.16. The standard InChI is InChI=1S/C18H32N6O4/c1-3-11(2)15(17(26)23-14(18(27)28)6-4-5-7-19)24-16(25)13(20)8-12-9-21-10-22-12/h9-11,13-15H,3-8,19-20H2,1-2H3,(H,21,22)(H,23,26)(H,24,25)(H,27,28)/t11-,13-,14-,15-/m0/s1. The Morgan fingerprint density at radius 3 is 2.50 bits per heavy atom. The van der Waals surface area contributed by atoms with Crippen LogP contribution >= 0.6 is 0 Å². The number of nitrogens with one attached hydrogen (secondary N) is 3. The fourth-order valence-corrected chi connectivity index (χ4v) is 2.70. The van der Waals surface area contributed by atoms with E-state index in [-0.39, 0.29) is 18.8 Å². The number of rotatable bonds is 13. The molecule has 1 heterocycles. The van der Waals surface area contributed by atoms with Gasteiger partial charge >= 0.3 is 5.97 Å². The van der Waals surface area contributed by atoms with Crippen LogP contribution in [-0.4, -0.2) is 57.5 Å². The molecule has 1 aromatic heterocycles. The van der Waals surface area contributed by atoms with E-state index in [1.807, 2.05) is 13.8 Å². The number of unbranched alkanes of at least 4 members (excludes halogenated alkanes) is 1. The van der Waals surface area contributed by atoms with Crippen LogP contribution < -0.4 is 22.1 Å². The predicted molar refractivity (Wildman–Crippen MR) is 104 cm³/mol. The Balaban J connectivity index is 2.75. The van der Waals surface area contributed by atoms with Gasteiger partial charge in [0.05, 0.1) is 12.4 Å². The molecular formula is C18H32N6O4. The summed E-state index contributed by atoms with van der Waals surface area (Å²) < 4.78 is 0. The van der Waals surface area contributed by atoms with E-state index in [4.69, 9.17) is 11.5 Å². The molecule has 0 aliphatic rings. The molecular weight excluding hydrogens is 364 g/mol. The maximum atomic E-state index is 12.7. The minimum absolute atomic E-state index is 0.193. The summed E-state index contributed by atoms with van der Waals surface area (Å²) in [4.78, 5) is 43.3. The number of imidazole rings is 1. The van der Waals surface area contributed by atoms with Crippen molar-refractivity contribution in [1.29, 1.82) is 0 Å². The third kappa shape index (κ3) is 7.65. The maximum Gasteiger partial charge on any atom is 0.326 e. The van der Waals surface area contributed by atoms with Crippen molar-refractivity contribution in [3.8, 4) is 0 Å². The van der Waals surface area contributed by atoms with Gasteiger partial charge in [-0.05, 0) is 31.7 Å². The number of nitrogens with zero attached hydrogens (tertiary/aromatic N) is 1. The number of amides is 2. The number of nitrogens with two attached hydrogens (primary N) is 2. The Morgan fingerprint density at radius 1 is 1.25 bits per heavy atom. The fourth-order valence-electron chi connectivity index (χ4n) is 2.70. The quantitative estimate of drug-likeness (QED) is 0.244. The van der Waals surface area contributed by atoms with Gasteiger partial charge in [0.2, 0.25) is 11.8 Å². The van der Waals surface area contributed by atoms with Gasteiger partial charge in [0, 0.05) is 18.3 Å². The molecule has 0 aromatic carbocycles. The molecule has 8 N–H and O–H groups in total. The molecule has 10 heteroatoms. The van der Waals surface area contributed by atoms with Crippen LogP contribution in [0.1, 0.15) is 45.2 Å². The molecule has 4 atom stereocenters. The van der Waals surface area contributed by atoms with E-state index in [2.05, 4.69) is 20.6 Å². The number of hydrogen-bond donors (Lipinski definition) is 6. The first-order valence-corrected chi connectivity index (χ1v) is 9.56.